The monoisotopic (exact) mass is 473 g/mol. The van der Waals surface area contributed by atoms with Crippen LogP contribution >= 0.6 is 0 Å². The van der Waals surface area contributed by atoms with E-state index < -0.39 is 38.4 Å². The van der Waals surface area contributed by atoms with Gasteiger partial charge in [0.2, 0.25) is 0 Å². The standard InChI is InChI=1S/C21H23N5O6S/c1-21(2,3)32-20(27)24-12-14(13-24)25(33(30,31)15-7-5-4-6-8-15)18-16-9-10-22-19(16)23-11-17(18)26(28)29/h4-11,14H,12-13H2,1-3H3,(H,22,23). The van der Waals surface area contributed by atoms with Crippen molar-refractivity contribution in [1.29, 1.82) is 0 Å². The third kappa shape index (κ3) is 4.21. The second-order valence-corrected chi connectivity index (χ2v) is 10.5. The van der Waals surface area contributed by atoms with Crippen LogP contribution in [0.3, 0.4) is 0 Å². The zero-order chi connectivity index (χ0) is 24.0. The molecule has 2 aromatic heterocycles. The summed E-state index contributed by atoms with van der Waals surface area (Å²) < 4.78 is 33.9. The Bertz CT molecular complexity index is 1310. The molecule has 33 heavy (non-hydrogen) atoms. The fraction of sp³-hybridized carbons (Fsp3) is 0.333. The number of H-pyrrole nitrogens is 1. The summed E-state index contributed by atoms with van der Waals surface area (Å²) in [6, 6.07) is 8.49. The molecule has 1 amide bonds. The van der Waals surface area contributed by atoms with Gasteiger partial charge in [0.05, 0.1) is 21.2 Å². The molecule has 1 aliphatic heterocycles. The number of pyridine rings is 1. The summed E-state index contributed by atoms with van der Waals surface area (Å²) >= 11 is 0. The lowest BCUT2D eigenvalue weighted by Gasteiger charge is -2.45. The molecule has 1 fully saturated rings. The minimum Gasteiger partial charge on any atom is -0.444 e. The minimum atomic E-state index is -4.22. The van der Waals surface area contributed by atoms with Crippen molar-refractivity contribution >= 4 is 38.5 Å². The first-order chi connectivity index (χ1) is 15.5. The number of nitro groups is 1. The number of likely N-dealkylation sites (tertiary alicyclic amines) is 1. The normalized spacial score (nSPS) is 14.7. The fourth-order valence-electron chi connectivity index (χ4n) is 3.63. The van der Waals surface area contributed by atoms with E-state index in [-0.39, 0.29) is 23.7 Å². The summed E-state index contributed by atoms with van der Waals surface area (Å²) in [5.41, 5.74) is -0.937. The second-order valence-electron chi connectivity index (χ2n) is 8.64. The van der Waals surface area contributed by atoms with Crippen LogP contribution in [0.25, 0.3) is 11.0 Å². The van der Waals surface area contributed by atoms with Gasteiger partial charge in [-0.3, -0.25) is 14.4 Å². The summed E-state index contributed by atoms with van der Waals surface area (Å²) in [4.78, 5) is 31.9. The van der Waals surface area contributed by atoms with E-state index in [1.54, 1.807) is 45.0 Å². The van der Waals surface area contributed by atoms with Crippen LogP contribution in [-0.4, -0.2) is 59.0 Å². The highest BCUT2D eigenvalue weighted by Gasteiger charge is 2.45. The van der Waals surface area contributed by atoms with Gasteiger partial charge in [0.1, 0.15) is 23.1 Å². The molecule has 0 spiro atoms. The number of hydrogen-bond donors (Lipinski definition) is 1. The molecule has 11 nitrogen and oxygen atoms in total. The highest BCUT2D eigenvalue weighted by molar-refractivity contribution is 7.93. The first-order valence-corrected chi connectivity index (χ1v) is 11.6. The molecule has 0 unspecified atom stereocenters. The lowest BCUT2D eigenvalue weighted by Crippen LogP contribution is -2.63. The largest absolute Gasteiger partial charge is 0.444 e. The predicted octanol–water partition coefficient (Wildman–Crippen LogP) is 3.29. The van der Waals surface area contributed by atoms with Gasteiger partial charge in [-0.15, -0.1) is 0 Å². The number of sulfonamides is 1. The molecule has 0 aliphatic carbocycles. The van der Waals surface area contributed by atoms with Crippen LogP contribution in [0.15, 0.2) is 53.7 Å². The average molecular weight is 474 g/mol. The van der Waals surface area contributed by atoms with Crippen LogP contribution < -0.4 is 4.31 Å². The number of nitrogens with zero attached hydrogens (tertiary/aromatic N) is 4. The van der Waals surface area contributed by atoms with E-state index in [9.17, 15) is 23.3 Å². The first-order valence-electron chi connectivity index (χ1n) is 10.2. The van der Waals surface area contributed by atoms with E-state index in [2.05, 4.69) is 9.97 Å². The van der Waals surface area contributed by atoms with Crippen molar-refractivity contribution in [1.82, 2.24) is 14.9 Å². The van der Waals surface area contributed by atoms with Crippen molar-refractivity contribution in [3.63, 3.8) is 0 Å². The molecule has 0 atom stereocenters. The number of nitrogens with one attached hydrogen (secondary N) is 1. The number of anilines is 1. The number of amides is 1. The Morgan fingerprint density at radius 1 is 1.24 bits per heavy atom. The number of aromatic amines is 1. The lowest BCUT2D eigenvalue weighted by molar-refractivity contribution is -0.384. The summed E-state index contributed by atoms with van der Waals surface area (Å²) in [5, 5.41) is 12.2. The number of fused-ring (bicyclic) bond motifs is 1. The van der Waals surface area contributed by atoms with E-state index >= 15 is 0 Å². The summed E-state index contributed by atoms with van der Waals surface area (Å²) in [6.07, 6.45) is 1.99. The Balaban J connectivity index is 1.81. The van der Waals surface area contributed by atoms with Crippen LogP contribution in [0.4, 0.5) is 16.2 Å². The van der Waals surface area contributed by atoms with Gasteiger partial charge < -0.3 is 14.6 Å². The van der Waals surface area contributed by atoms with E-state index in [4.69, 9.17) is 4.74 Å². The predicted molar refractivity (Wildman–Crippen MR) is 120 cm³/mol. The SMILES string of the molecule is CC(C)(C)OC(=O)N1CC(N(c2c([N+](=O)[O-])cnc3[nH]ccc23)S(=O)(=O)c2ccccc2)C1. The molecular weight excluding hydrogens is 450 g/mol. The highest BCUT2D eigenvalue weighted by atomic mass is 32.2. The molecular formula is C21H23N5O6S. The molecule has 0 radical (unpaired) electrons. The van der Waals surface area contributed by atoms with E-state index in [1.807, 2.05) is 0 Å². The van der Waals surface area contributed by atoms with Gasteiger partial charge in [-0.2, -0.15) is 0 Å². The van der Waals surface area contributed by atoms with Gasteiger partial charge in [0.25, 0.3) is 10.0 Å². The second kappa shape index (κ2) is 8.03. The Labute approximate surface area is 190 Å². The number of benzene rings is 1. The average Bonchev–Trinajstić information content (AvgIpc) is 3.17. The molecule has 1 saturated heterocycles. The van der Waals surface area contributed by atoms with Crippen molar-refractivity contribution in [2.24, 2.45) is 0 Å². The van der Waals surface area contributed by atoms with Crippen molar-refractivity contribution in [3.8, 4) is 0 Å². The Kier molecular flexibility index (Phi) is 5.48. The van der Waals surface area contributed by atoms with Crippen molar-refractivity contribution < 1.29 is 22.9 Å². The molecule has 1 aliphatic rings. The number of hydrogen-bond acceptors (Lipinski definition) is 7. The number of carbonyl (C=O) groups excluding carboxylic acids is 1. The maximum Gasteiger partial charge on any atom is 0.410 e. The van der Waals surface area contributed by atoms with Crippen LogP contribution in [0.2, 0.25) is 0 Å². The summed E-state index contributed by atoms with van der Waals surface area (Å²) in [6.45, 7) is 5.24. The van der Waals surface area contributed by atoms with E-state index in [1.165, 1.54) is 23.2 Å². The molecule has 3 heterocycles. The lowest BCUT2D eigenvalue weighted by atomic mass is 10.1. The zero-order valence-electron chi connectivity index (χ0n) is 18.3. The molecule has 0 bridgehead atoms. The zero-order valence-corrected chi connectivity index (χ0v) is 19.1. The number of rotatable bonds is 5. The Morgan fingerprint density at radius 2 is 1.91 bits per heavy atom. The van der Waals surface area contributed by atoms with Crippen LogP contribution in [0.1, 0.15) is 20.8 Å². The maximum atomic E-state index is 13.8. The fourth-order valence-corrected chi connectivity index (χ4v) is 5.32. The summed E-state index contributed by atoms with van der Waals surface area (Å²) in [7, 11) is -4.22. The van der Waals surface area contributed by atoms with Gasteiger partial charge in [-0.25, -0.2) is 18.2 Å². The molecule has 3 aromatic rings. The number of carbonyl (C=O) groups is 1. The minimum absolute atomic E-state index is 0.0180. The third-order valence-electron chi connectivity index (χ3n) is 5.10. The third-order valence-corrected chi connectivity index (χ3v) is 6.97. The van der Waals surface area contributed by atoms with Crippen LogP contribution in [-0.2, 0) is 14.8 Å². The smallest absolute Gasteiger partial charge is 0.410 e. The van der Waals surface area contributed by atoms with Gasteiger partial charge in [-0.05, 0) is 39.0 Å². The number of aromatic nitrogens is 2. The maximum absolute atomic E-state index is 13.8. The number of ether oxygens (including phenoxy) is 1. The van der Waals surface area contributed by atoms with E-state index in [0.29, 0.717) is 11.0 Å². The van der Waals surface area contributed by atoms with Crippen LogP contribution in [0.5, 0.6) is 0 Å². The van der Waals surface area contributed by atoms with Crippen molar-refractivity contribution in [2.75, 3.05) is 17.4 Å². The molecule has 4 rings (SSSR count). The Morgan fingerprint density at radius 3 is 2.52 bits per heavy atom. The molecule has 12 heteroatoms. The van der Waals surface area contributed by atoms with Gasteiger partial charge in [-0.1, -0.05) is 18.2 Å². The topological polar surface area (TPSA) is 139 Å². The molecule has 174 valence electrons. The van der Waals surface area contributed by atoms with Gasteiger partial charge in [0, 0.05) is 19.3 Å². The van der Waals surface area contributed by atoms with Crippen molar-refractivity contribution in [3.05, 3.63) is 58.9 Å². The summed E-state index contributed by atoms with van der Waals surface area (Å²) in [5.74, 6) is 0. The van der Waals surface area contributed by atoms with Crippen molar-refractivity contribution in [2.45, 2.75) is 37.3 Å². The quantitative estimate of drug-likeness (QED) is 0.443. The van der Waals surface area contributed by atoms with Gasteiger partial charge in [0.15, 0.2) is 0 Å². The molecule has 1 aromatic carbocycles. The van der Waals surface area contributed by atoms with E-state index in [0.717, 1.165) is 10.5 Å². The first kappa shape index (κ1) is 22.5. The Hall–Kier alpha value is -3.67. The van der Waals surface area contributed by atoms with Gasteiger partial charge >= 0.3 is 11.8 Å². The van der Waals surface area contributed by atoms with Crippen LogP contribution in [0, 0.1) is 10.1 Å². The molecule has 1 N–H and O–H groups in total. The highest BCUT2D eigenvalue weighted by Crippen LogP contribution is 2.40. The molecule has 0 saturated carbocycles.